The van der Waals surface area contributed by atoms with E-state index in [0.29, 0.717) is 19.5 Å². The van der Waals surface area contributed by atoms with Gasteiger partial charge < -0.3 is 16.2 Å². The predicted molar refractivity (Wildman–Crippen MR) is 73.0 cm³/mol. The largest absolute Gasteiger partial charge is 0.477 e. The normalized spacial score (nSPS) is 16.2. The number of hydrogen-bond acceptors (Lipinski definition) is 4. The van der Waals surface area contributed by atoms with Crippen LogP contribution in [0, 0.1) is 5.41 Å². The number of aromatic nitrogens is 1. The summed E-state index contributed by atoms with van der Waals surface area (Å²) >= 11 is 0. The van der Waals surface area contributed by atoms with Crippen LogP contribution in [0.4, 0.5) is 0 Å². The van der Waals surface area contributed by atoms with Gasteiger partial charge >= 0.3 is 5.97 Å². The molecule has 0 radical (unpaired) electrons. The number of rotatable bonds is 6. The quantitative estimate of drug-likeness (QED) is 0.717. The van der Waals surface area contributed by atoms with Gasteiger partial charge in [-0.3, -0.25) is 4.79 Å². The number of aromatic carboxylic acids is 1. The molecule has 4 N–H and O–H groups in total. The van der Waals surface area contributed by atoms with E-state index in [1.54, 1.807) is 6.07 Å². The van der Waals surface area contributed by atoms with Crippen molar-refractivity contribution in [3.05, 3.63) is 29.6 Å². The van der Waals surface area contributed by atoms with E-state index in [0.717, 1.165) is 24.8 Å². The van der Waals surface area contributed by atoms with E-state index in [1.165, 1.54) is 12.3 Å². The van der Waals surface area contributed by atoms with Crippen molar-refractivity contribution in [3.8, 4) is 0 Å². The second kappa shape index (κ2) is 6.00. The van der Waals surface area contributed by atoms with Gasteiger partial charge in [-0.05, 0) is 36.4 Å². The van der Waals surface area contributed by atoms with Gasteiger partial charge in [-0.2, -0.15) is 0 Å². The lowest BCUT2D eigenvalue weighted by Crippen LogP contribution is -2.41. The smallest absolute Gasteiger partial charge is 0.354 e. The number of nitrogens with two attached hydrogens (primary N) is 1. The fourth-order valence-electron chi connectivity index (χ4n) is 2.39. The summed E-state index contributed by atoms with van der Waals surface area (Å²) in [6, 6.07) is 3.08. The summed E-state index contributed by atoms with van der Waals surface area (Å²) in [4.78, 5) is 26.3. The lowest BCUT2D eigenvalue weighted by molar-refractivity contribution is -0.124. The Hall–Kier alpha value is -1.95. The number of nitrogens with one attached hydrogen (secondary N) is 1. The first-order valence-electron chi connectivity index (χ1n) is 6.70. The molecule has 0 bridgehead atoms. The lowest BCUT2D eigenvalue weighted by Gasteiger charge is -2.40. The zero-order chi connectivity index (χ0) is 14.6. The fourth-order valence-corrected chi connectivity index (χ4v) is 2.39. The van der Waals surface area contributed by atoms with Crippen LogP contribution in [0.3, 0.4) is 0 Å². The first-order valence-corrected chi connectivity index (χ1v) is 6.70. The summed E-state index contributed by atoms with van der Waals surface area (Å²) in [6.07, 6.45) is 5.11. The van der Waals surface area contributed by atoms with Crippen molar-refractivity contribution in [2.45, 2.75) is 32.2 Å². The van der Waals surface area contributed by atoms with E-state index in [1.807, 2.05) is 0 Å². The predicted octanol–water partition coefficient (Wildman–Crippen LogP) is 0.915. The maximum absolute atomic E-state index is 11.9. The second-order valence-electron chi connectivity index (χ2n) is 5.37. The third-order valence-corrected chi connectivity index (χ3v) is 3.92. The highest BCUT2D eigenvalue weighted by molar-refractivity contribution is 5.85. The number of amides is 1. The zero-order valence-electron chi connectivity index (χ0n) is 11.3. The Morgan fingerprint density at radius 3 is 2.60 bits per heavy atom. The Kier molecular flexibility index (Phi) is 4.34. The third-order valence-electron chi connectivity index (χ3n) is 3.92. The van der Waals surface area contributed by atoms with E-state index in [2.05, 4.69) is 10.3 Å². The molecule has 6 heteroatoms. The average molecular weight is 277 g/mol. The van der Waals surface area contributed by atoms with Gasteiger partial charge in [-0.15, -0.1) is 0 Å². The van der Waals surface area contributed by atoms with Gasteiger partial charge in [-0.1, -0.05) is 12.5 Å². The Balaban J connectivity index is 1.82. The monoisotopic (exact) mass is 277 g/mol. The number of hydrogen-bond donors (Lipinski definition) is 3. The maximum Gasteiger partial charge on any atom is 0.354 e. The molecule has 0 aliphatic heterocycles. The van der Waals surface area contributed by atoms with Crippen LogP contribution in [0.1, 0.15) is 41.7 Å². The molecule has 6 nitrogen and oxygen atoms in total. The first-order chi connectivity index (χ1) is 9.54. The Morgan fingerprint density at radius 2 is 2.15 bits per heavy atom. The van der Waals surface area contributed by atoms with Crippen molar-refractivity contribution in [1.82, 2.24) is 10.3 Å². The maximum atomic E-state index is 11.9. The van der Waals surface area contributed by atoms with Crippen LogP contribution in [0.15, 0.2) is 18.3 Å². The van der Waals surface area contributed by atoms with Crippen LogP contribution < -0.4 is 11.1 Å². The zero-order valence-corrected chi connectivity index (χ0v) is 11.3. The lowest BCUT2D eigenvalue weighted by atomic mass is 9.66. The van der Waals surface area contributed by atoms with Crippen LogP contribution in [0.2, 0.25) is 0 Å². The molecule has 0 unspecified atom stereocenters. The molecule has 1 fully saturated rings. The molecule has 1 saturated carbocycles. The van der Waals surface area contributed by atoms with E-state index in [9.17, 15) is 9.59 Å². The van der Waals surface area contributed by atoms with Gasteiger partial charge in [-0.25, -0.2) is 9.78 Å². The molecule has 1 aliphatic rings. The summed E-state index contributed by atoms with van der Waals surface area (Å²) in [5, 5.41) is 11.6. The molecular weight excluding hydrogens is 258 g/mol. The molecule has 0 saturated heterocycles. The highest BCUT2D eigenvalue weighted by atomic mass is 16.4. The Bertz CT molecular complexity index is 489. The first kappa shape index (κ1) is 14.5. The van der Waals surface area contributed by atoms with Crippen LogP contribution in [-0.2, 0) is 11.3 Å². The van der Waals surface area contributed by atoms with E-state index in [4.69, 9.17) is 10.8 Å². The van der Waals surface area contributed by atoms with Crippen molar-refractivity contribution >= 4 is 11.9 Å². The Morgan fingerprint density at radius 1 is 1.40 bits per heavy atom. The topological polar surface area (TPSA) is 105 Å². The van der Waals surface area contributed by atoms with Gasteiger partial charge in [0.05, 0.1) is 0 Å². The molecule has 1 heterocycles. The summed E-state index contributed by atoms with van der Waals surface area (Å²) < 4.78 is 0. The van der Waals surface area contributed by atoms with Gasteiger partial charge in [0.15, 0.2) is 0 Å². The number of carboxylic acid groups (broad SMARTS) is 1. The second-order valence-corrected chi connectivity index (χ2v) is 5.37. The highest BCUT2D eigenvalue weighted by Gasteiger charge is 2.37. The molecule has 0 spiro atoms. The molecule has 1 amide bonds. The van der Waals surface area contributed by atoms with Gasteiger partial charge in [0, 0.05) is 19.2 Å². The SMILES string of the molecule is NCC1(CC(=O)NCc2ccc(C(=O)O)nc2)CCC1. The third kappa shape index (κ3) is 3.33. The summed E-state index contributed by atoms with van der Waals surface area (Å²) in [6.45, 7) is 0.904. The summed E-state index contributed by atoms with van der Waals surface area (Å²) in [7, 11) is 0. The van der Waals surface area contributed by atoms with Crippen molar-refractivity contribution < 1.29 is 14.7 Å². The van der Waals surface area contributed by atoms with Gasteiger partial charge in [0.25, 0.3) is 0 Å². The molecule has 20 heavy (non-hydrogen) atoms. The molecule has 1 aliphatic carbocycles. The van der Waals surface area contributed by atoms with E-state index < -0.39 is 5.97 Å². The number of carbonyl (C=O) groups is 2. The van der Waals surface area contributed by atoms with Crippen LogP contribution in [0.5, 0.6) is 0 Å². The van der Waals surface area contributed by atoms with Crippen molar-refractivity contribution in [3.63, 3.8) is 0 Å². The molecule has 0 aromatic carbocycles. The minimum Gasteiger partial charge on any atom is -0.477 e. The number of carbonyl (C=O) groups excluding carboxylic acids is 1. The minimum atomic E-state index is -1.06. The molecule has 0 atom stereocenters. The van der Waals surface area contributed by atoms with Crippen molar-refractivity contribution in [2.75, 3.05) is 6.54 Å². The fraction of sp³-hybridized carbons (Fsp3) is 0.500. The number of pyridine rings is 1. The van der Waals surface area contributed by atoms with E-state index in [-0.39, 0.29) is 17.0 Å². The summed E-state index contributed by atoms with van der Waals surface area (Å²) in [5.41, 5.74) is 6.49. The Labute approximate surface area is 117 Å². The molecule has 2 rings (SSSR count). The number of carboxylic acids is 1. The molecular formula is C14H19N3O3. The summed E-state index contributed by atoms with van der Waals surface area (Å²) in [5.74, 6) is -1.08. The van der Waals surface area contributed by atoms with Crippen LogP contribution >= 0.6 is 0 Å². The minimum absolute atomic E-state index is 0.00312. The van der Waals surface area contributed by atoms with Crippen LogP contribution in [-0.4, -0.2) is 28.5 Å². The standard InChI is InChI=1S/C14H19N3O3/c15-9-14(4-1-5-14)6-12(18)17-8-10-2-3-11(13(19)20)16-7-10/h2-3,7H,1,4-6,8-9,15H2,(H,17,18)(H,19,20). The number of nitrogens with zero attached hydrogens (tertiary/aromatic N) is 1. The van der Waals surface area contributed by atoms with Gasteiger partial charge in [0.2, 0.25) is 5.91 Å². The van der Waals surface area contributed by atoms with Crippen LogP contribution in [0.25, 0.3) is 0 Å². The molecule has 108 valence electrons. The average Bonchev–Trinajstić information content (AvgIpc) is 2.41. The molecule has 1 aromatic rings. The van der Waals surface area contributed by atoms with Gasteiger partial charge in [0.1, 0.15) is 5.69 Å². The van der Waals surface area contributed by atoms with E-state index >= 15 is 0 Å². The highest BCUT2D eigenvalue weighted by Crippen LogP contribution is 2.42. The molecule has 1 aromatic heterocycles. The van der Waals surface area contributed by atoms with Crippen molar-refractivity contribution in [1.29, 1.82) is 0 Å². The van der Waals surface area contributed by atoms with Crippen molar-refractivity contribution in [2.24, 2.45) is 11.1 Å².